The molecule has 0 spiro atoms. The molecular formula is C10H10Br2Cl8O. The van der Waals surface area contributed by atoms with Gasteiger partial charge in [0.1, 0.15) is 3.23 Å². The Balaban J connectivity index is 4.52. The zero-order valence-electron chi connectivity index (χ0n) is 10.2. The van der Waals surface area contributed by atoms with Gasteiger partial charge < -0.3 is 0 Å². The summed E-state index contributed by atoms with van der Waals surface area (Å²) in [7, 11) is 0. The van der Waals surface area contributed by atoms with Gasteiger partial charge in [0.2, 0.25) is 0 Å². The third kappa shape index (κ3) is 12.9. The summed E-state index contributed by atoms with van der Waals surface area (Å²) >= 11 is 52.5. The van der Waals surface area contributed by atoms with Crippen molar-refractivity contribution < 1.29 is 4.79 Å². The Morgan fingerprint density at radius 3 is 1.57 bits per heavy atom. The molecule has 21 heavy (non-hydrogen) atoms. The van der Waals surface area contributed by atoms with Gasteiger partial charge in [0.25, 0.3) is 0 Å². The van der Waals surface area contributed by atoms with Crippen molar-refractivity contribution in [3.8, 4) is 0 Å². The molecular weight excluding hydrogens is 580 g/mol. The molecule has 0 saturated carbocycles. The van der Waals surface area contributed by atoms with Crippen molar-refractivity contribution in [2.75, 3.05) is 0 Å². The van der Waals surface area contributed by atoms with E-state index in [9.17, 15) is 4.79 Å². The number of Topliss-reactive ketones (excluding diaryl/α,β-unsaturated/α-hetero) is 1. The molecule has 0 aromatic heterocycles. The number of hydrogen-bond donors (Lipinski definition) is 0. The molecule has 1 nitrogen and oxygen atoms in total. The van der Waals surface area contributed by atoms with Crippen LogP contribution in [0.3, 0.4) is 0 Å². The Morgan fingerprint density at radius 1 is 0.810 bits per heavy atom. The molecule has 0 aromatic rings. The standard InChI is InChI=1S/C10H10Br2Cl8O/c11-8(12,2-6(14)4-10(18,19)20)7(21)1-5(13)3-9(15,16)17/h5-6H,1-4H2. The van der Waals surface area contributed by atoms with Crippen LogP contribution in [-0.4, -0.2) is 27.4 Å². The average Bonchev–Trinajstić information content (AvgIpc) is 2.08. The van der Waals surface area contributed by atoms with E-state index in [2.05, 4.69) is 31.9 Å². The van der Waals surface area contributed by atoms with Crippen LogP contribution in [-0.2, 0) is 4.79 Å². The fourth-order valence-electron chi connectivity index (χ4n) is 1.39. The van der Waals surface area contributed by atoms with Crippen molar-refractivity contribution in [1.29, 1.82) is 0 Å². The fraction of sp³-hybridized carbons (Fsp3) is 0.900. The fourth-order valence-corrected chi connectivity index (χ4v) is 5.29. The number of hydrogen-bond acceptors (Lipinski definition) is 1. The van der Waals surface area contributed by atoms with Gasteiger partial charge in [-0.25, -0.2) is 0 Å². The summed E-state index contributed by atoms with van der Waals surface area (Å²) in [5, 5.41) is -1.16. The SMILES string of the molecule is O=C(CC(Cl)CC(Cl)(Cl)Cl)C(Br)(Br)CC(Cl)CC(Cl)(Cl)Cl. The summed E-state index contributed by atoms with van der Waals surface area (Å²) in [4.78, 5) is 12.2. The second-order valence-corrected chi connectivity index (χ2v) is 14.4. The van der Waals surface area contributed by atoms with Crippen molar-refractivity contribution >= 4 is 130 Å². The predicted molar refractivity (Wildman–Crippen MR) is 104 cm³/mol. The highest BCUT2D eigenvalue weighted by atomic mass is 79.9. The molecule has 0 heterocycles. The first-order valence-corrected chi connectivity index (χ1v) is 10.2. The minimum absolute atomic E-state index is 0.0106. The minimum atomic E-state index is -1.52. The molecule has 0 aromatic carbocycles. The molecule has 2 unspecified atom stereocenters. The van der Waals surface area contributed by atoms with Crippen molar-refractivity contribution in [3.05, 3.63) is 0 Å². The largest absolute Gasteiger partial charge is 0.297 e. The minimum Gasteiger partial charge on any atom is -0.297 e. The summed E-state index contributed by atoms with van der Waals surface area (Å²) in [5.41, 5.74) is 0. The third-order valence-corrected chi connectivity index (χ3v) is 5.27. The van der Waals surface area contributed by atoms with E-state index < -0.39 is 21.6 Å². The Kier molecular flexibility index (Phi) is 10.9. The summed E-state index contributed by atoms with van der Waals surface area (Å²) in [6.07, 6.45) is 0.311. The van der Waals surface area contributed by atoms with Crippen LogP contribution in [0.4, 0.5) is 0 Å². The number of alkyl halides is 10. The summed E-state index contributed by atoms with van der Waals surface area (Å²) in [6.45, 7) is 0. The van der Waals surface area contributed by atoms with Gasteiger partial charge in [0, 0.05) is 30.0 Å². The molecule has 0 amide bonds. The normalized spacial score (nSPS) is 16.7. The van der Waals surface area contributed by atoms with Gasteiger partial charge in [-0.05, 0) is 6.42 Å². The molecule has 126 valence electrons. The Labute approximate surface area is 180 Å². The van der Waals surface area contributed by atoms with Crippen LogP contribution in [0.1, 0.15) is 25.7 Å². The van der Waals surface area contributed by atoms with Gasteiger partial charge >= 0.3 is 0 Å². The van der Waals surface area contributed by atoms with Gasteiger partial charge in [0.05, 0.1) is 0 Å². The van der Waals surface area contributed by atoms with E-state index in [1.165, 1.54) is 0 Å². The summed E-state index contributed by atoms with van der Waals surface area (Å²) < 4.78 is -4.09. The summed E-state index contributed by atoms with van der Waals surface area (Å²) in [5.74, 6) is -0.244. The monoisotopic (exact) mass is 584 g/mol. The molecule has 0 aliphatic carbocycles. The van der Waals surface area contributed by atoms with Crippen LogP contribution in [0.25, 0.3) is 0 Å². The third-order valence-electron chi connectivity index (χ3n) is 2.20. The highest BCUT2D eigenvalue weighted by Gasteiger charge is 2.38. The lowest BCUT2D eigenvalue weighted by molar-refractivity contribution is -0.119. The second-order valence-electron chi connectivity index (χ2n) is 4.37. The number of rotatable bonds is 7. The molecule has 0 radical (unpaired) electrons. The van der Waals surface area contributed by atoms with E-state index in [1.54, 1.807) is 0 Å². The molecule has 0 N–H and O–H groups in total. The molecule has 0 saturated heterocycles. The summed E-state index contributed by atoms with van der Waals surface area (Å²) in [6, 6.07) is 0. The van der Waals surface area contributed by atoms with E-state index in [0.717, 1.165) is 0 Å². The van der Waals surface area contributed by atoms with Crippen molar-refractivity contribution in [2.24, 2.45) is 0 Å². The topological polar surface area (TPSA) is 17.1 Å². The maximum atomic E-state index is 12.2. The van der Waals surface area contributed by atoms with Crippen molar-refractivity contribution in [2.45, 2.75) is 47.3 Å². The number of ketones is 1. The first kappa shape index (κ1) is 23.9. The molecule has 0 bridgehead atoms. The van der Waals surface area contributed by atoms with Gasteiger partial charge in [-0.1, -0.05) is 101 Å². The first-order chi connectivity index (χ1) is 9.12. The maximum Gasteiger partial charge on any atom is 0.192 e. The number of carbonyl (C=O) groups is 1. The smallest absolute Gasteiger partial charge is 0.192 e. The highest BCUT2D eigenvalue weighted by molar-refractivity contribution is 9.25. The van der Waals surface area contributed by atoms with Gasteiger partial charge in [0.15, 0.2) is 13.4 Å². The predicted octanol–water partition coefficient (Wildman–Crippen LogP) is 7.56. The van der Waals surface area contributed by atoms with Crippen LogP contribution in [0, 0.1) is 0 Å². The molecule has 0 fully saturated rings. The van der Waals surface area contributed by atoms with E-state index >= 15 is 0 Å². The van der Waals surface area contributed by atoms with E-state index in [1.807, 2.05) is 0 Å². The van der Waals surface area contributed by atoms with E-state index in [4.69, 9.17) is 92.8 Å². The molecule has 0 rings (SSSR count). The first-order valence-electron chi connectivity index (χ1n) is 5.45. The lowest BCUT2D eigenvalue weighted by Gasteiger charge is -2.25. The molecule has 0 aliphatic rings. The number of carbonyl (C=O) groups excluding carboxylic acids is 1. The Morgan fingerprint density at radius 2 is 1.19 bits per heavy atom. The quantitative estimate of drug-likeness (QED) is 0.280. The molecule has 2 atom stereocenters. The zero-order chi connectivity index (χ0) is 17.1. The van der Waals surface area contributed by atoms with E-state index in [-0.39, 0.29) is 31.5 Å². The van der Waals surface area contributed by atoms with Gasteiger partial charge in [-0.3, -0.25) is 4.79 Å². The Hall–Kier alpha value is 2.95. The van der Waals surface area contributed by atoms with Crippen LogP contribution >= 0.6 is 125 Å². The Bertz CT molecular complexity index is 352. The zero-order valence-corrected chi connectivity index (χ0v) is 19.4. The average molecular weight is 590 g/mol. The highest BCUT2D eigenvalue weighted by Crippen LogP contribution is 2.41. The second kappa shape index (κ2) is 9.59. The van der Waals surface area contributed by atoms with Gasteiger partial charge in [-0.15, -0.1) is 23.2 Å². The van der Waals surface area contributed by atoms with Crippen molar-refractivity contribution in [3.63, 3.8) is 0 Å². The lowest BCUT2D eigenvalue weighted by Crippen LogP contribution is -2.32. The van der Waals surface area contributed by atoms with Crippen molar-refractivity contribution in [1.82, 2.24) is 0 Å². The van der Waals surface area contributed by atoms with Crippen LogP contribution in [0.2, 0.25) is 0 Å². The molecule has 0 aliphatic heterocycles. The number of halogens is 10. The molecule has 11 heteroatoms. The maximum absolute atomic E-state index is 12.2. The van der Waals surface area contributed by atoms with Crippen LogP contribution in [0.5, 0.6) is 0 Å². The van der Waals surface area contributed by atoms with E-state index in [0.29, 0.717) is 0 Å². The van der Waals surface area contributed by atoms with Crippen LogP contribution in [0.15, 0.2) is 0 Å². The lowest BCUT2D eigenvalue weighted by atomic mass is 10.1. The van der Waals surface area contributed by atoms with Gasteiger partial charge in [-0.2, -0.15) is 0 Å². The van der Waals surface area contributed by atoms with Crippen LogP contribution < -0.4 is 0 Å².